The van der Waals surface area contributed by atoms with E-state index in [0.29, 0.717) is 25.1 Å². The van der Waals surface area contributed by atoms with Crippen LogP contribution in [0, 0.1) is 11.7 Å². The first-order valence-corrected chi connectivity index (χ1v) is 12.1. The molecule has 7 nitrogen and oxygen atoms in total. The van der Waals surface area contributed by atoms with Crippen LogP contribution >= 0.6 is 0 Å². The zero-order valence-electron chi connectivity index (χ0n) is 20.7. The van der Waals surface area contributed by atoms with Gasteiger partial charge in [0.2, 0.25) is 5.90 Å². The molecule has 2 heterocycles. The third kappa shape index (κ3) is 5.68. The van der Waals surface area contributed by atoms with Gasteiger partial charge < -0.3 is 19.6 Å². The molecule has 1 aliphatic carbocycles. The van der Waals surface area contributed by atoms with E-state index in [-0.39, 0.29) is 23.9 Å². The quantitative estimate of drug-likeness (QED) is 0.450. The first kappa shape index (κ1) is 26.4. The number of benzene rings is 1. The van der Waals surface area contributed by atoms with Crippen molar-refractivity contribution in [2.75, 3.05) is 33.2 Å². The van der Waals surface area contributed by atoms with Gasteiger partial charge in [0, 0.05) is 49.9 Å². The second-order valence-corrected chi connectivity index (χ2v) is 9.86. The molecule has 3 atom stereocenters. The van der Waals surface area contributed by atoms with Crippen LogP contribution in [0.15, 0.2) is 47.2 Å². The molecule has 2 N–H and O–H groups in total. The van der Waals surface area contributed by atoms with E-state index < -0.39 is 24.1 Å². The zero-order valence-corrected chi connectivity index (χ0v) is 20.7. The molecular weight excluding hydrogens is 478 g/mol. The SMILES string of the molecule is CC1C=CC=C(N(Cc2ccc(C3=NNC(C)(C(F)(F)F)O3)cc2F)C(O)N2CCCN(C)CC2)C1. The van der Waals surface area contributed by atoms with E-state index in [0.717, 1.165) is 38.2 Å². The third-order valence-electron chi connectivity index (χ3n) is 6.84. The van der Waals surface area contributed by atoms with Crippen LogP contribution in [-0.4, -0.2) is 77.2 Å². The number of hydrogen-bond acceptors (Lipinski definition) is 7. The Balaban J connectivity index is 1.55. The van der Waals surface area contributed by atoms with Gasteiger partial charge in [-0.15, -0.1) is 5.10 Å². The van der Waals surface area contributed by atoms with Gasteiger partial charge in [-0.1, -0.05) is 25.1 Å². The van der Waals surface area contributed by atoms with Crippen LogP contribution in [0.1, 0.15) is 37.8 Å². The minimum atomic E-state index is -4.70. The summed E-state index contributed by atoms with van der Waals surface area (Å²) < 4.78 is 59.9. The van der Waals surface area contributed by atoms with Gasteiger partial charge in [-0.25, -0.2) is 4.39 Å². The van der Waals surface area contributed by atoms with Crippen LogP contribution in [0.4, 0.5) is 17.6 Å². The number of aliphatic hydroxyl groups is 1. The van der Waals surface area contributed by atoms with E-state index in [4.69, 9.17) is 4.74 Å². The molecule has 3 aliphatic rings. The van der Waals surface area contributed by atoms with Crippen molar-refractivity contribution in [3.8, 4) is 0 Å². The third-order valence-corrected chi connectivity index (χ3v) is 6.84. The number of aliphatic hydroxyl groups excluding tert-OH is 1. The maximum absolute atomic E-state index is 15.2. The predicted octanol–water partition coefficient (Wildman–Crippen LogP) is 3.58. The summed E-state index contributed by atoms with van der Waals surface area (Å²) in [5.41, 5.74) is 0.569. The summed E-state index contributed by atoms with van der Waals surface area (Å²) in [7, 11) is 2.05. The van der Waals surface area contributed by atoms with Gasteiger partial charge in [0.1, 0.15) is 5.82 Å². The van der Waals surface area contributed by atoms with E-state index in [1.165, 1.54) is 12.1 Å². The second-order valence-electron chi connectivity index (χ2n) is 9.86. The molecular formula is C25H33F4N5O2. The number of likely N-dealkylation sites (N-methyl/N-ethyl adjacent to an activating group) is 1. The monoisotopic (exact) mass is 511 g/mol. The minimum absolute atomic E-state index is 0.0906. The first-order valence-electron chi connectivity index (χ1n) is 12.1. The fraction of sp³-hybridized carbons (Fsp3) is 0.560. The van der Waals surface area contributed by atoms with Crippen LogP contribution in [0.25, 0.3) is 0 Å². The van der Waals surface area contributed by atoms with Crippen molar-refractivity contribution in [3.63, 3.8) is 0 Å². The van der Waals surface area contributed by atoms with Crippen molar-refractivity contribution in [3.05, 3.63) is 59.1 Å². The molecule has 0 radical (unpaired) electrons. The lowest BCUT2D eigenvalue weighted by Gasteiger charge is -2.39. The molecule has 1 aromatic carbocycles. The summed E-state index contributed by atoms with van der Waals surface area (Å²) in [4.78, 5) is 6.01. The Labute approximate surface area is 208 Å². The van der Waals surface area contributed by atoms with Crippen molar-refractivity contribution < 1.29 is 27.4 Å². The maximum Gasteiger partial charge on any atom is 0.449 e. The molecule has 1 aromatic rings. The Hall–Kier alpha value is -2.63. The molecule has 2 aliphatic heterocycles. The van der Waals surface area contributed by atoms with Gasteiger partial charge in [-0.2, -0.15) is 13.2 Å². The van der Waals surface area contributed by atoms with Crippen molar-refractivity contribution in [2.45, 2.75) is 51.5 Å². The molecule has 1 fully saturated rings. The van der Waals surface area contributed by atoms with Gasteiger partial charge >= 0.3 is 6.18 Å². The van der Waals surface area contributed by atoms with E-state index in [1.54, 1.807) is 4.90 Å². The molecule has 0 spiro atoms. The fourth-order valence-corrected chi connectivity index (χ4v) is 4.49. The Bertz CT molecular complexity index is 1040. The number of hydrazone groups is 1. The van der Waals surface area contributed by atoms with E-state index in [9.17, 15) is 18.3 Å². The highest BCUT2D eigenvalue weighted by molar-refractivity contribution is 5.95. The van der Waals surface area contributed by atoms with Gasteiger partial charge in [-0.3, -0.25) is 10.3 Å². The summed E-state index contributed by atoms with van der Waals surface area (Å²) >= 11 is 0. The van der Waals surface area contributed by atoms with Crippen LogP contribution < -0.4 is 5.43 Å². The number of rotatable bonds is 6. The topological polar surface area (TPSA) is 63.6 Å². The number of hydrogen-bond donors (Lipinski definition) is 2. The van der Waals surface area contributed by atoms with Crippen LogP contribution in [0.3, 0.4) is 0 Å². The summed E-state index contributed by atoms with van der Waals surface area (Å²) in [5, 5.41) is 15.0. The Kier molecular flexibility index (Phi) is 7.63. The highest BCUT2D eigenvalue weighted by Crippen LogP contribution is 2.35. The number of halogens is 4. The number of nitrogens with one attached hydrogen (secondary N) is 1. The van der Waals surface area contributed by atoms with Gasteiger partial charge in [0.15, 0.2) is 6.35 Å². The smallest absolute Gasteiger partial charge is 0.438 e. The maximum atomic E-state index is 15.2. The lowest BCUT2D eigenvalue weighted by atomic mass is 9.99. The van der Waals surface area contributed by atoms with Gasteiger partial charge in [0.05, 0.1) is 0 Å². The van der Waals surface area contributed by atoms with Crippen molar-refractivity contribution in [1.29, 1.82) is 0 Å². The summed E-state index contributed by atoms with van der Waals surface area (Å²) in [5.74, 6) is -0.679. The Morgan fingerprint density at radius 2 is 2.06 bits per heavy atom. The van der Waals surface area contributed by atoms with Crippen LogP contribution in [-0.2, 0) is 11.3 Å². The molecule has 0 saturated carbocycles. The number of alkyl halides is 3. The van der Waals surface area contributed by atoms with E-state index >= 15 is 4.39 Å². The highest BCUT2D eigenvalue weighted by atomic mass is 19.4. The Morgan fingerprint density at radius 1 is 1.28 bits per heavy atom. The van der Waals surface area contributed by atoms with Crippen molar-refractivity contribution >= 4 is 5.90 Å². The molecule has 4 rings (SSSR count). The minimum Gasteiger partial charge on any atom is -0.438 e. The summed E-state index contributed by atoms with van der Waals surface area (Å²) in [6.45, 7) is 6.14. The molecule has 0 bridgehead atoms. The average molecular weight is 512 g/mol. The average Bonchev–Trinajstić information content (AvgIpc) is 3.11. The predicted molar refractivity (Wildman–Crippen MR) is 128 cm³/mol. The number of ether oxygens (including phenoxy) is 1. The van der Waals surface area contributed by atoms with Crippen molar-refractivity contribution in [2.24, 2.45) is 11.0 Å². The largest absolute Gasteiger partial charge is 0.449 e. The van der Waals surface area contributed by atoms with E-state index in [1.807, 2.05) is 29.5 Å². The summed E-state index contributed by atoms with van der Waals surface area (Å²) in [6.07, 6.45) is 1.92. The summed E-state index contributed by atoms with van der Waals surface area (Å²) in [6, 6.07) is 4.09. The zero-order chi connectivity index (χ0) is 26.1. The standard InChI is InChI=1S/C25H33F4N5O2/c1-17-6-4-7-20(14-17)34(23(35)33-11-5-10-32(3)12-13-33)16-19-9-8-18(15-21(19)26)22-30-31-24(2,36-22)25(27,28)29/h4,6-9,15,17,23,31,35H,5,10-14,16H2,1-3H3. The molecule has 3 unspecified atom stereocenters. The van der Waals surface area contributed by atoms with E-state index in [2.05, 4.69) is 23.0 Å². The molecule has 1 saturated heterocycles. The van der Waals surface area contributed by atoms with Gasteiger partial charge in [0.25, 0.3) is 5.72 Å². The first-order chi connectivity index (χ1) is 17.0. The highest BCUT2D eigenvalue weighted by Gasteiger charge is 2.57. The lowest BCUT2D eigenvalue weighted by Crippen LogP contribution is -2.51. The number of nitrogens with zero attached hydrogens (tertiary/aromatic N) is 4. The molecule has 11 heteroatoms. The van der Waals surface area contributed by atoms with Crippen molar-refractivity contribution in [1.82, 2.24) is 20.1 Å². The fourth-order valence-electron chi connectivity index (χ4n) is 4.49. The Morgan fingerprint density at radius 3 is 2.72 bits per heavy atom. The molecule has 198 valence electrons. The molecule has 36 heavy (non-hydrogen) atoms. The van der Waals surface area contributed by atoms with Crippen LogP contribution in [0.2, 0.25) is 0 Å². The number of allylic oxidation sites excluding steroid dienone is 4. The lowest BCUT2D eigenvalue weighted by molar-refractivity contribution is -0.250. The van der Waals surface area contributed by atoms with Gasteiger partial charge in [-0.05, 0) is 50.6 Å². The second kappa shape index (κ2) is 10.4. The molecule has 0 amide bonds. The van der Waals surface area contributed by atoms with Crippen LogP contribution in [0.5, 0.6) is 0 Å². The normalized spacial score (nSPS) is 26.5. The molecule has 0 aromatic heterocycles.